The molecule has 28 heavy (non-hydrogen) atoms. The number of benzene rings is 2. The standard InChI is InChI=1S/C22H28N2O3S/c1-15(2)11-12-24-20-8-7-19(14-18(20)6-10-22(24)25)23-28(26,27)21-9-5-16(3)13-17(21)4/h5,7-9,13-15,23H,6,10-12H2,1-4H3. The number of amides is 1. The highest BCUT2D eigenvalue weighted by atomic mass is 32.2. The maximum Gasteiger partial charge on any atom is 0.262 e. The van der Waals surface area contributed by atoms with Gasteiger partial charge in [0.05, 0.1) is 4.90 Å². The van der Waals surface area contributed by atoms with Crippen LogP contribution in [-0.4, -0.2) is 20.9 Å². The average molecular weight is 401 g/mol. The summed E-state index contributed by atoms with van der Waals surface area (Å²) >= 11 is 0. The number of hydrogen-bond donors (Lipinski definition) is 1. The van der Waals surface area contributed by atoms with E-state index in [9.17, 15) is 13.2 Å². The minimum Gasteiger partial charge on any atom is -0.312 e. The molecule has 0 radical (unpaired) electrons. The second kappa shape index (κ2) is 7.95. The van der Waals surface area contributed by atoms with E-state index in [4.69, 9.17) is 0 Å². The molecule has 0 aromatic heterocycles. The van der Waals surface area contributed by atoms with E-state index in [0.717, 1.165) is 28.8 Å². The van der Waals surface area contributed by atoms with Gasteiger partial charge in [0.1, 0.15) is 0 Å². The fourth-order valence-corrected chi connectivity index (χ4v) is 4.84. The Bertz CT molecular complexity index is 997. The van der Waals surface area contributed by atoms with E-state index >= 15 is 0 Å². The highest BCUT2D eigenvalue weighted by molar-refractivity contribution is 7.92. The van der Waals surface area contributed by atoms with Gasteiger partial charge in [0.2, 0.25) is 5.91 Å². The van der Waals surface area contributed by atoms with Crippen LogP contribution in [-0.2, 0) is 21.2 Å². The minimum absolute atomic E-state index is 0.136. The highest BCUT2D eigenvalue weighted by Gasteiger charge is 2.25. The Hall–Kier alpha value is -2.34. The topological polar surface area (TPSA) is 66.5 Å². The largest absolute Gasteiger partial charge is 0.312 e. The first-order chi connectivity index (χ1) is 13.2. The Morgan fingerprint density at radius 3 is 2.50 bits per heavy atom. The molecule has 0 bridgehead atoms. The van der Waals surface area contributed by atoms with Crippen LogP contribution < -0.4 is 9.62 Å². The van der Waals surface area contributed by atoms with E-state index in [1.165, 1.54) is 0 Å². The molecule has 6 heteroatoms. The normalized spacial score (nSPS) is 14.3. The van der Waals surface area contributed by atoms with Gasteiger partial charge in [-0.2, -0.15) is 0 Å². The van der Waals surface area contributed by atoms with Crippen LogP contribution in [0.1, 0.15) is 43.4 Å². The van der Waals surface area contributed by atoms with Crippen LogP contribution in [0.2, 0.25) is 0 Å². The first kappa shape index (κ1) is 20.4. The summed E-state index contributed by atoms with van der Waals surface area (Å²) in [5.74, 6) is 0.652. The maximum atomic E-state index is 12.8. The van der Waals surface area contributed by atoms with Crippen molar-refractivity contribution < 1.29 is 13.2 Å². The molecule has 1 heterocycles. The molecule has 1 aliphatic rings. The SMILES string of the molecule is Cc1ccc(S(=O)(=O)Nc2ccc3c(c2)CCC(=O)N3CCC(C)C)c(C)c1. The zero-order valence-electron chi connectivity index (χ0n) is 17.0. The number of nitrogens with zero attached hydrogens (tertiary/aromatic N) is 1. The zero-order valence-corrected chi connectivity index (χ0v) is 17.8. The molecular formula is C22H28N2O3S. The first-order valence-corrected chi connectivity index (χ1v) is 11.2. The van der Waals surface area contributed by atoms with Crippen molar-refractivity contribution in [1.82, 2.24) is 0 Å². The average Bonchev–Trinajstić information content (AvgIpc) is 2.60. The van der Waals surface area contributed by atoms with Crippen molar-refractivity contribution in [2.75, 3.05) is 16.2 Å². The van der Waals surface area contributed by atoms with Gasteiger partial charge in [-0.25, -0.2) is 8.42 Å². The molecule has 0 saturated heterocycles. The third kappa shape index (κ3) is 4.38. The van der Waals surface area contributed by atoms with E-state index in [2.05, 4.69) is 18.6 Å². The molecule has 1 N–H and O–H groups in total. The van der Waals surface area contributed by atoms with Crippen molar-refractivity contribution in [1.29, 1.82) is 0 Å². The highest BCUT2D eigenvalue weighted by Crippen LogP contribution is 2.32. The number of rotatable bonds is 6. The number of nitrogens with one attached hydrogen (secondary N) is 1. The second-order valence-electron chi connectivity index (χ2n) is 7.95. The predicted octanol–water partition coefficient (Wildman–Crippen LogP) is 4.43. The second-order valence-corrected chi connectivity index (χ2v) is 9.60. The lowest BCUT2D eigenvalue weighted by molar-refractivity contribution is -0.118. The van der Waals surface area contributed by atoms with Crippen molar-refractivity contribution in [3.8, 4) is 0 Å². The van der Waals surface area contributed by atoms with Gasteiger partial charge in [0.25, 0.3) is 10.0 Å². The van der Waals surface area contributed by atoms with Crippen LogP contribution in [0.25, 0.3) is 0 Å². The molecule has 1 amide bonds. The van der Waals surface area contributed by atoms with E-state index in [1.807, 2.05) is 30.0 Å². The fraction of sp³-hybridized carbons (Fsp3) is 0.409. The quantitative estimate of drug-likeness (QED) is 0.780. The van der Waals surface area contributed by atoms with Crippen molar-refractivity contribution in [2.24, 2.45) is 5.92 Å². The van der Waals surface area contributed by atoms with Crippen molar-refractivity contribution >= 4 is 27.3 Å². The van der Waals surface area contributed by atoms with E-state index < -0.39 is 10.0 Å². The molecule has 2 aromatic rings. The Balaban J connectivity index is 1.86. The summed E-state index contributed by atoms with van der Waals surface area (Å²) < 4.78 is 28.3. The maximum absolute atomic E-state index is 12.8. The number of carbonyl (C=O) groups is 1. The molecule has 0 unspecified atom stereocenters. The monoisotopic (exact) mass is 400 g/mol. The van der Waals surface area contributed by atoms with Gasteiger partial charge in [-0.3, -0.25) is 9.52 Å². The number of aryl methyl sites for hydroxylation is 3. The first-order valence-electron chi connectivity index (χ1n) is 9.71. The molecule has 0 aliphatic carbocycles. The fourth-order valence-electron chi connectivity index (χ4n) is 3.57. The Kier molecular flexibility index (Phi) is 5.79. The molecule has 1 aliphatic heterocycles. The van der Waals surface area contributed by atoms with Crippen LogP contribution >= 0.6 is 0 Å². The Morgan fingerprint density at radius 2 is 1.82 bits per heavy atom. The summed E-state index contributed by atoms with van der Waals surface area (Å²) in [5.41, 5.74) is 4.17. The van der Waals surface area contributed by atoms with Gasteiger partial charge in [-0.1, -0.05) is 31.5 Å². The van der Waals surface area contributed by atoms with Crippen LogP contribution in [0.3, 0.4) is 0 Å². The number of anilines is 2. The van der Waals surface area contributed by atoms with Gasteiger partial charge >= 0.3 is 0 Å². The molecule has 0 spiro atoms. The van der Waals surface area contributed by atoms with Crippen LogP contribution in [0.5, 0.6) is 0 Å². The third-order valence-electron chi connectivity index (χ3n) is 5.08. The summed E-state index contributed by atoms with van der Waals surface area (Å²) in [6.07, 6.45) is 2.02. The van der Waals surface area contributed by atoms with Gasteiger partial charge in [0, 0.05) is 24.3 Å². The molecular weight excluding hydrogens is 372 g/mol. The van der Waals surface area contributed by atoms with E-state index in [1.54, 1.807) is 25.1 Å². The van der Waals surface area contributed by atoms with Crippen molar-refractivity contribution in [2.45, 2.75) is 51.9 Å². The number of carbonyl (C=O) groups excluding carboxylic acids is 1. The molecule has 0 saturated carbocycles. The van der Waals surface area contributed by atoms with E-state index in [-0.39, 0.29) is 10.8 Å². The smallest absolute Gasteiger partial charge is 0.262 e. The van der Waals surface area contributed by atoms with Crippen molar-refractivity contribution in [3.63, 3.8) is 0 Å². The lowest BCUT2D eigenvalue weighted by Gasteiger charge is -2.30. The van der Waals surface area contributed by atoms with Crippen LogP contribution in [0, 0.1) is 19.8 Å². The molecule has 0 atom stereocenters. The minimum atomic E-state index is -3.66. The molecule has 150 valence electrons. The van der Waals surface area contributed by atoms with Gasteiger partial charge in [-0.05, 0) is 68.0 Å². The van der Waals surface area contributed by atoms with Gasteiger partial charge in [0.15, 0.2) is 0 Å². The molecule has 3 rings (SSSR count). The lowest BCUT2D eigenvalue weighted by Crippen LogP contribution is -2.36. The molecule has 5 nitrogen and oxygen atoms in total. The lowest BCUT2D eigenvalue weighted by atomic mass is 9.99. The summed E-state index contributed by atoms with van der Waals surface area (Å²) in [4.78, 5) is 14.5. The van der Waals surface area contributed by atoms with Gasteiger partial charge in [-0.15, -0.1) is 0 Å². The van der Waals surface area contributed by atoms with Crippen LogP contribution in [0.4, 0.5) is 11.4 Å². The summed E-state index contributed by atoms with van der Waals surface area (Å²) in [5, 5.41) is 0. The predicted molar refractivity (Wildman–Crippen MR) is 113 cm³/mol. The summed E-state index contributed by atoms with van der Waals surface area (Å²) in [7, 11) is -3.66. The Morgan fingerprint density at radius 1 is 1.07 bits per heavy atom. The molecule has 2 aromatic carbocycles. The number of fused-ring (bicyclic) bond motifs is 1. The van der Waals surface area contributed by atoms with E-state index in [0.29, 0.717) is 31.0 Å². The summed E-state index contributed by atoms with van der Waals surface area (Å²) in [6, 6.07) is 10.7. The van der Waals surface area contributed by atoms with Crippen LogP contribution in [0.15, 0.2) is 41.3 Å². The Labute approximate surface area is 167 Å². The number of hydrogen-bond acceptors (Lipinski definition) is 3. The third-order valence-corrected chi connectivity index (χ3v) is 6.62. The zero-order chi connectivity index (χ0) is 20.5. The summed E-state index contributed by atoms with van der Waals surface area (Å²) in [6.45, 7) is 8.71. The van der Waals surface area contributed by atoms with Gasteiger partial charge < -0.3 is 4.90 Å². The van der Waals surface area contributed by atoms with Crippen molar-refractivity contribution in [3.05, 3.63) is 53.1 Å². The molecule has 0 fully saturated rings. The number of sulfonamides is 1.